The molecular formula is C18H16FN3. The number of hydrogen-bond donors (Lipinski definition) is 0. The summed E-state index contributed by atoms with van der Waals surface area (Å²) in [4.78, 5) is 5.11. The fourth-order valence-corrected chi connectivity index (χ4v) is 2.29. The van der Waals surface area contributed by atoms with E-state index >= 15 is 0 Å². The zero-order chi connectivity index (χ0) is 16.1. The van der Waals surface area contributed by atoms with E-state index in [-0.39, 0.29) is 12.4 Å². The predicted molar refractivity (Wildman–Crippen MR) is 88.0 cm³/mol. The Kier molecular flexibility index (Phi) is 4.76. The standard InChI is InChI=1S/C18H16FN3/c1-13(18(12-20)21-2)14-4-5-16-11-17(22(3)9-8-19)7-6-15(16)10-14/h4-7,10-11H,8-9H2,1,3H3/b18-13-/i19-1. The lowest BCUT2D eigenvalue weighted by atomic mass is 10.0. The van der Waals surface area contributed by atoms with Gasteiger partial charge in [0.2, 0.25) is 0 Å². The zero-order valence-electron chi connectivity index (χ0n) is 12.6. The molecule has 0 N–H and O–H groups in total. The van der Waals surface area contributed by atoms with Gasteiger partial charge in [-0.2, -0.15) is 0 Å². The van der Waals surface area contributed by atoms with Gasteiger partial charge in [-0.15, -0.1) is 0 Å². The third-order valence-electron chi connectivity index (χ3n) is 3.69. The van der Waals surface area contributed by atoms with Crippen LogP contribution in [0.15, 0.2) is 42.1 Å². The van der Waals surface area contributed by atoms with Crippen molar-refractivity contribution in [2.75, 3.05) is 25.2 Å². The van der Waals surface area contributed by atoms with Crippen LogP contribution in [0.1, 0.15) is 12.5 Å². The number of benzene rings is 2. The van der Waals surface area contributed by atoms with Crippen LogP contribution in [0, 0.1) is 17.9 Å². The summed E-state index contributed by atoms with van der Waals surface area (Å²) < 4.78 is 12.4. The van der Waals surface area contributed by atoms with Gasteiger partial charge >= 0.3 is 0 Å². The van der Waals surface area contributed by atoms with E-state index in [0.29, 0.717) is 12.1 Å². The first-order valence-electron chi connectivity index (χ1n) is 6.90. The molecule has 0 aliphatic heterocycles. The number of hydrogen-bond acceptors (Lipinski definition) is 2. The van der Waals surface area contributed by atoms with E-state index in [1.165, 1.54) is 0 Å². The number of alkyl halides is 1. The SMILES string of the molecule is [C-]#[N+]/C(C#N)=C(/C)c1ccc2cc(N(C)CC[18F])ccc2c1. The van der Waals surface area contributed by atoms with Crippen molar-refractivity contribution in [1.29, 1.82) is 5.26 Å². The van der Waals surface area contributed by atoms with Crippen LogP contribution in [0.4, 0.5) is 10.1 Å². The van der Waals surface area contributed by atoms with E-state index in [4.69, 9.17) is 11.8 Å². The van der Waals surface area contributed by atoms with Crippen LogP contribution in [-0.4, -0.2) is 20.3 Å². The first-order chi connectivity index (χ1) is 10.6. The molecule has 2 aromatic rings. The van der Waals surface area contributed by atoms with Gasteiger partial charge in [0, 0.05) is 19.3 Å². The number of nitrogens with zero attached hydrogens (tertiary/aromatic N) is 3. The Labute approximate surface area is 129 Å². The fraction of sp³-hybridized carbons (Fsp3) is 0.222. The van der Waals surface area contributed by atoms with Crippen molar-refractivity contribution >= 4 is 22.0 Å². The van der Waals surface area contributed by atoms with Gasteiger partial charge in [0.25, 0.3) is 5.70 Å². The van der Waals surface area contributed by atoms with Gasteiger partial charge in [-0.3, -0.25) is 0 Å². The summed E-state index contributed by atoms with van der Waals surface area (Å²) in [5.41, 5.74) is 2.62. The maximum atomic E-state index is 12.4. The van der Waals surface area contributed by atoms with Crippen molar-refractivity contribution in [3.8, 4) is 6.07 Å². The van der Waals surface area contributed by atoms with Crippen LogP contribution in [-0.2, 0) is 0 Å². The minimum absolute atomic E-state index is 0.110. The molecule has 0 aromatic heterocycles. The van der Waals surface area contributed by atoms with Gasteiger partial charge in [-0.1, -0.05) is 18.2 Å². The van der Waals surface area contributed by atoms with Crippen LogP contribution in [0.3, 0.4) is 0 Å². The molecule has 2 rings (SSSR count). The Bertz CT molecular complexity index is 793. The van der Waals surface area contributed by atoms with Crippen molar-refractivity contribution in [1.82, 2.24) is 0 Å². The number of nitriles is 1. The number of rotatable bonds is 4. The summed E-state index contributed by atoms with van der Waals surface area (Å²) in [6.45, 7) is 8.78. The molecular weight excluding hydrogens is 276 g/mol. The average Bonchev–Trinajstić information content (AvgIpc) is 2.55. The average molecular weight is 292 g/mol. The Morgan fingerprint density at radius 2 is 1.95 bits per heavy atom. The Hall–Kier alpha value is -2.85. The van der Waals surface area contributed by atoms with E-state index in [1.807, 2.05) is 54.4 Å². The zero-order valence-corrected chi connectivity index (χ0v) is 12.6. The molecule has 0 amide bonds. The third kappa shape index (κ3) is 3.07. The first-order valence-corrected chi connectivity index (χ1v) is 6.90. The molecule has 4 heteroatoms. The lowest BCUT2D eigenvalue weighted by Gasteiger charge is -2.18. The molecule has 0 unspecified atom stereocenters. The lowest BCUT2D eigenvalue weighted by Crippen LogP contribution is -2.19. The second kappa shape index (κ2) is 6.74. The second-order valence-electron chi connectivity index (χ2n) is 5.05. The normalized spacial score (nSPS) is 11.5. The Balaban J connectivity index is 2.46. The van der Waals surface area contributed by atoms with Crippen LogP contribution in [0.5, 0.6) is 0 Å². The van der Waals surface area contributed by atoms with Crippen LogP contribution >= 0.6 is 0 Å². The number of allylic oxidation sites excluding steroid dienone is 2. The van der Waals surface area contributed by atoms with Gasteiger partial charge in [0.05, 0.1) is 12.6 Å². The van der Waals surface area contributed by atoms with Crippen molar-refractivity contribution in [2.45, 2.75) is 6.92 Å². The minimum Gasteiger partial charge on any atom is -0.372 e. The van der Waals surface area contributed by atoms with Crippen molar-refractivity contribution in [3.05, 3.63) is 59.1 Å². The maximum Gasteiger partial charge on any atom is 0.265 e. The van der Waals surface area contributed by atoms with Gasteiger partial charge in [0.1, 0.15) is 6.67 Å². The quantitative estimate of drug-likeness (QED) is 0.617. The minimum atomic E-state index is -0.384. The summed E-state index contributed by atoms with van der Waals surface area (Å²) in [7, 11) is 1.86. The molecule has 22 heavy (non-hydrogen) atoms. The Morgan fingerprint density at radius 3 is 2.59 bits per heavy atom. The maximum absolute atomic E-state index is 12.4. The van der Waals surface area contributed by atoms with Crippen molar-refractivity contribution in [3.63, 3.8) is 0 Å². The molecule has 0 aliphatic carbocycles. The van der Waals surface area contributed by atoms with Crippen LogP contribution < -0.4 is 4.90 Å². The summed E-state index contributed by atoms with van der Waals surface area (Å²) >= 11 is 0. The largest absolute Gasteiger partial charge is 0.372 e. The number of halogens is 1. The molecule has 2 aromatic carbocycles. The topological polar surface area (TPSA) is 31.4 Å². The van der Waals surface area contributed by atoms with E-state index in [0.717, 1.165) is 22.0 Å². The third-order valence-corrected chi connectivity index (χ3v) is 3.69. The highest BCUT2D eigenvalue weighted by molar-refractivity contribution is 5.89. The monoisotopic (exact) mass is 292 g/mol. The van der Waals surface area contributed by atoms with Crippen LogP contribution in [0.2, 0.25) is 0 Å². The van der Waals surface area contributed by atoms with Crippen molar-refractivity contribution < 1.29 is 4.39 Å². The first kappa shape index (κ1) is 15.5. The van der Waals surface area contributed by atoms with Gasteiger partial charge in [0.15, 0.2) is 0 Å². The molecule has 0 saturated carbocycles. The van der Waals surface area contributed by atoms with Gasteiger partial charge in [-0.25, -0.2) is 14.5 Å². The molecule has 0 saturated heterocycles. The predicted octanol–water partition coefficient (Wildman–Crippen LogP) is 4.42. The Morgan fingerprint density at radius 1 is 1.27 bits per heavy atom. The lowest BCUT2D eigenvalue weighted by molar-refractivity contribution is 0.497. The van der Waals surface area contributed by atoms with Gasteiger partial charge < -0.3 is 4.90 Å². The molecule has 0 heterocycles. The molecule has 110 valence electrons. The molecule has 3 nitrogen and oxygen atoms in total. The molecule has 0 radical (unpaired) electrons. The van der Waals surface area contributed by atoms with Crippen molar-refractivity contribution in [2.24, 2.45) is 0 Å². The van der Waals surface area contributed by atoms with Gasteiger partial charge in [-0.05, 0) is 47.0 Å². The van der Waals surface area contributed by atoms with E-state index < -0.39 is 0 Å². The van der Waals surface area contributed by atoms with E-state index in [2.05, 4.69) is 4.85 Å². The summed E-state index contributed by atoms with van der Waals surface area (Å²) in [5, 5.41) is 11.0. The highest BCUT2D eigenvalue weighted by Crippen LogP contribution is 2.26. The summed E-state index contributed by atoms with van der Waals surface area (Å²) in [5.74, 6) is 0. The smallest absolute Gasteiger partial charge is 0.265 e. The molecule has 0 atom stereocenters. The van der Waals surface area contributed by atoms with E-state index in [9.17, 15) is 4.39 Å². The number of fused-ring (bicyclic) bond motifs is 1. The summed E-state index contributed by atoms with van der Waals surface area (Å²) in [6.07, 6.45) is 0. The highest BCUT2D eigenvalue weighted by atomic mass is 18.2. The van der Waals surface area contributed by atoms with Crippen LogP contribution in [0.25, 0.3) is 21.2 Å². The highest BCUT2D eigenvalue weighted by Gasteiger charge is 2.06. The summed E-state index contributed by atoms with van der Waals surface area (Å²) in [6, 6.07) is 13.7. The molecule has 0 aliphatic rings. The number of anilines is 1. The van der Waals surface area contributed by atoms with E-state index in [1.54, 1.807) is 6.92 Å². The molecule has 0 fully saturated rings. The molecule has 0 spiro atoms. The molecule has 0 bridgehead atoms. The second-order valence-corrected chi connectivity index (χ2v) is 5.05. The fourth-order valence-electron chi connectivity index (χ4n) is 2.29.